The minimum atomic E-state index is -1.06. The molecule has 2 aromatic carbocycles. The number of fused-ring (bicyclic) bond motifs is 4. The Labute approximate surface area is 210 Å². The van der Waals surface area contributed by atoms with Gasteiger partial charge in [-0.15, -0.1) is 0 Å². The Morgan fingerprint density at radius 2 is 2.12 bits per heavy atom. The monoisotopic (exact) mass is 537 g/mol. The maximum absolute atomic E-state index is 13.3. The van der Waals surface area contributed by atoms with E-state index < -0.39 is 17.9 Å². The SMILES string of the molecule is O=C(N[C@@H](Cc1c[nH]c2c1ccc1cccnc12)C(=O)O)C(CS)C1CCc2cc(Br)ccc21. The lowest BCUT2D eigenvalue weighted by Gasteiger charge is -2.24. The molecule has 0 spiro atoms. The quantitative estimate of drug-likeness (QED) is 0.253. The number of carboxylic acids is 1. The van der Waals surface area contributed by atoms with E-state index in [9.17, 15) is 14.7 Å². The standard InChI is InChI=1S/C26H24BrN3O3S/c27-17-5-8-18-15(10-17)4-7-20(18)21(13-34)25(31)30-22(26(32)33)11-16-12-29-24-19(16)6-3-14-2-1-9-28-23(14)24/h1-3,5-6,8-10,12,20-22,29,34H,4,7,11,13H2,(H,30,31)(H,32,33)/t20?,21?,22-/m0/s1. The lowest BCUT2D eigenvalue weighted by atomic mass is 9.87. The van der Waals surface area contributed by atoms with Gasteiger partial charge < -0.3 is 15.4 Å². The third kappa shape index (κ3) is 4.20. The van der Waals surface area contributed by atoms with Gasteiger partial charge in [-0.25, -0.2) is 4.79 Å². The van der Waals surface area contributed by atoms with Gasteiger partial charge in [0.25, 0.3) is 0 Å². The van der Waals surface area contributed by atoms with Crippen molar-refractivity contribution in [3.05, 3.63) is 76.0 Å². The minimum Gasteiger partial charge on any atom is -0.480 e. The van der Waals surface area contributed by atoms with Gasteiger partial charge in [-0.05, 0) is 53.6 Å². The van der Waals surface area contributed by atoms with E-state index in [1.807, 2.05) is 36.5 Å². The molecular weight excluding hydrogens is 514 g/mol. The number of amides is 1. The molecule has 2 aromatic heterocycles. The van der Waals surface area contributed by atoms with Crippen LogP contribution in [0, 0.1) is 5.92 Å². The average molecular weight is 538 g/mol. The van der Waals surface area contributed by atoms with E-state index in [4.69, 9.17) is 0 Å². The zero-order valence-corrected chi connectivity index (χ0v) is 20.8. The van der Waals surface area contributed by atoms with Crippen molar-refractivity contribution in [2.24, 2.45) is 5.92 Å². The van der Waals surface area contributed by atoms with Gasteiger partial charge in [0.1, 0.15) is 6.04 Å². The molecule has 0 saturated heterocycles. The molecule has 0 aliphatic heterocycles. The van der Waals surface area contributed by atoms with Gasteiger partial charge in [0.15, 0.2) is 0 Å². The highest BCUT2D eigenvalue weighted by molar-refractivity contribution is 9.10. The summed E-state index contributed by atoms with van der Waals surface area (Å²) < 4.78 is 1.02. The van der Waals surface area contributed by atoms with Crippen LogP contribution in [0.4, 0.5) is 0 Å². The summed E-state index contributed by atoms with van der Waals surface area (Å²) in [5.41, 5.74) is 4.91. The van der Waals surface area contributed by atoms with Crippen molar-refractivity contribution in [1.82, 2.24) is 15.3 Å². The Hall–Kier alpha value is -2.84. The number of aliphatic carboxylic acids is 1. The molecule has 34 heavy (non-hydrogen) atoms. The normalized spacial score (nSPS) is 16.9. The molecule has 5 rings (SSSR count). The molecule has 174 valence electrons. The largest absolute Gasteiger partial charge is 0.480 e. The fourth-order valence-electron chi connectivity index (χ4n) is 5.09. The highest BCUT2D eigenvalue weighted by atomic mass is 79.9. The van der Waals surface area contributed by atoms with Gasteiger partial charge in [0.05, 0.1) is 17.0 Å². The number of rotatable bonds is 7. The number of aromatic nitrogens is 2. The molecule has 3 atom stereocenters. The molecule has 3 N–H and O–H groups in total. The Morgan fingerprint density at radius 3 is 2.91 bits per heavy atom. The zero-order chi connectivity index (χ0) is 23.8. The smallest absolute Gasteiger partial charge is 0.326 e. The average Bonchev–Trinajstić information content (AvgIpc) is 3.43. The van der Waals surface area contributed by atoms with E-state index in [0.717, 1.165) is 50.2 Å². The number of H-pyrrole nitrogens is 1. The highest BCUT2D eigenvalue weighted by Gasteiger charge is 2.35. The van der Waals surface area contributed by atoms with Gasteiger partial charge in [-0.2, -0.15) is 12.6 Å². The molecule has 6 nitrogen and oxygen atoms in total. The molecule has 0 saturated carbocycles. The minimum absolute atomic E-state index is 0.0283. The summed E-state index contributed by atoms with van der Waals surface area (Å²) in [4.78, 5) is 33.1. The molecule has 1 amide bonds. The Kier molecular flexibility index (Phi) is 6.36. The van der Waals surface area contributed by atoms with Gasteiger partial charge in [0.2, 0.25) is 5.91 Å². The maximum atomic E-state index is 13.3. The Balaban J connectivity index is 1.37. The molecule has 0 fully saturated rings. The van der Waals surface area contributed by atoms with Crippen LogP contribution in [-0.2, 0) is 22.4 Å². The van der Waals surface area contributed by atoms with Crippen LogP contribution in [-0.4, -0.2) is 38.7 Å². The Bertz CT molecular complexity index is 1400. The number of carbonyl (C=O) groups is 2. The fourth-order valence-corrected chi connectivity index (χ4v) is 5.92. The fraction of sp³-hybridized carbons (Fsp3) is 0.269. The Morgan fingerprint density at radius 1 is 1.26 bits per heavy atom. The summed E-state index contributed by atoms with van der Waals surface area (Å²) in [6.07, 6.45) is 5.47. The molecule has 0 bridgehead atoms. The summed E-state index contributed by atoms with van der Waals surface area (Å²) in [6, 6.07) is 12.9. The molecule has 8 heteroatoms. The number of nitrogens with one attached hydrogen (secondary N) is 2. The van der Waals surface area contributed by atoms with Crippen LogP contribution in [0.15, 0.2) is 59.3 Å². The first kappa shape index (κ1) is 22.9. The first-order valence-corrected chi connectivity index (χ1v) is 12.6. The number of nitrogens with zero attached hydrogens (tertiary/aromatic N) is 1. The van der Waals surface area contributed by atoms with E-state index in [1.54, 1.807) is 6.20 Å². The summed E-state index contributed by atoms with van der Waals surface area (Å²) in [6.45, 7) is 0. The van der Waals surface area contributed by atoms with E-state index >= 15 is 0 Å². The second-order valence-electron chi connectivity index (χ2n) is 8.76. The number of hydrogen-bond donors (Lipinski definition) is 4. The van der Waals surface area contributed by atoms with Crippen molar-refractivity contribution in [2.45, 2.75) is 31.2 Å². The molecule has 2 unspecified atom stereocenters. The number of thiol groups is 1. The van der Waals surface area contributed by atoms with Crippen LogP contribution in [0.3, 0.4) is 0 Å². The summed E-state index contributed by atoms with van der Waals surface area (Å²) in [7, 11) is 0. The van der Waals surface area contributed by atoms with Crippen LogP contribution >= 0.6 is 28.6 Å². The number of halogens is 1. The van der Waals surface area contributed by atoms with Crippen molar-refractivity contribution in [3.8, 4) is 0 Å². The molecule has 4 aromatic rings. The molecule has 1 aliphatic rings. The van der Waals surface area contributed by atoms with E-state index in [0.29, 0.717) is 5.75 Å². The first-order valence-electron chi connectivity index (χ1n) is 11.2. The zero-order valence-electron chi connectivity index (χ0n) is 18.3. The van der Waals surface area contributed by atoms with Gasteiger partial charge >= 0.3 is 5.97 Å². The molecule has 2 heterocycles. The number of aromatic amines is 1. The number of carboxylic acid groups (broad SMARTS) is 1. The van der Waals surface area contributed by atoms with Crippen LogP contribution in [0.25, 0.3) is 21.8 Å². The van der Waals surface area contributed by atoms with Crippen molar-refractivity contribution in [2.75, 3.05) is 5.75 Å². The van der Waals surface area contributed by atoms with Crippen molar-refractivity contribution >= 4 is 62.2 Å². The number of pyridine rings is 1. The maximum Gasteiger partial charge on any atom is 0.326 e. The predicted octanol–water partition coefficient (Wildman–Crippen LogP) is 4.87. The highest BCUT2D eigenvalue weighted by Crippen LogP contribution is 2.40. The molecule has 1 aliphatic carbocycles. The molecular formula is C26H24BrN3O3S. The van der Waals surface area contributed by atoms with E-state index in [2.05, 4.69) is 56.0 Å². The third-order valence-electron chi connectivity index (χ3n) is 6.80. The van der Waals surface area contributed by atoms with Crippen LogP contribution < -0.4 is 5.32 Å². The topological polar surface area (TPSA) is 95.1 Å². The van der Waals surface area contributed by atoms with Crippen molar-refractivity contribution < 1.29 is 14.7 Å². The van der Waals surface area contributed by atoms with Gasteiger partial charge in [-0.1, -0.05) is 40.2 Å². The first-order chi connectivity index (χ1) is 16.5. The van der Waals surface area contributed by atoms with Crippen LogP contribution in [0.1, 0.15) is 29.0 Å². The number of hydrogen-bond acceptors (Lipinski definition) is 4. The van der Waals surface area contributed by atoms with Crippen LogP contribution in [0.5, 0.6) is 0 Å². The third-order valence-corrected chi connectivity index (χ3v) is 7.68. The second kappa shape index (κ2) is 9.43. The summed E-state index contributed by atoms with van der Waals surface area (Å²) in [5.74, 6) is -1.35. The number of carbonyl (C=O) groups excluding carboxylic acids is 1. The van der Waals surface area contributed by atoms with Crippen LogP contribution in [0.2, 0.25) is 0 Å². The summed E-state index contributed by atoms with van der Waals surface area (Å²) >= 11 is 7.97. The lowest BCUT2D eigenvalue weighted by molar-refractivity contribution is -0.142. The molecule has 0 radical (unpaired) electrons. The predicted molar refractivity (Wildman–Crippen MR) is 139 cm³/mol. The van der Waals surface area contributed by atoms with Crippen molar-refractivity contribution in [3.63, 3.8) is 0 Å². The number of aryl methyl sites for hydroxylation is 1. The lowest BCUT2D eigenvalue weighted by Crippen LogP contribution is -2.46. The van der Waals surface area contributed by atoms with Crippen molar-refractivity contribution in [1.29, 1.82) is 0 Å². The van der Waals surface area contributed by atoms with Gasteiger partial charge in [0, 0.05) is 39.8 Å². The summed E-state index contributed by atoms with van der Waals surface area (Å²) in [5, 5.41) is 14.6. The van der Waals surface area contributed by atoms with Gasteiger partial charge in [-0.3, -0.25) is 9.78 Å². The van der Waals surface area contributed by atoms with E-state index in [1.165, 1.54) is 5.56 Å². The second-order valence-corrected chi connectivity index (χ2v) is 10.0. The van der Waals surface area contributed by atoms with E-state index in [-0.39, 0.29) is 18.2 Å². The number of benzene rings is 2.